The van der Waals surface area contributed by atoms with Crippen LogP contribution >= 0.6 is 0 Å². The highest BCUT2D eigenvalue weighted by Gasteiger charge is 2.19. The van der Waals surface area contributed by atoms with Crippen LogP contribution in [0.3, 0.4) is 0 Å². The Morgan fingerprint density at radius 2 is 2.07 bits per heavy atom. The average Bonchev–Trinajstić information content (AvgIpc) is 2.99. The van der Waals surface area contributed by atoms with Crippen molar-refractivity contribution in [2.24, 2.45) is 0 Å². The molecule has 2 heterocycles. The quantitative estimate of drug-likeness (QED) is 0.603. The summed E-state index contributed by atoms with van der Waals surface area (Å²) < 4.78 is 11.8. The topological polar surface area (TPSA) is 54.8 Å². The van der Waals surface area contributed by atoms with Crippen LogP contribution in [0.15, 0.2) is 79.6 Å². The number of aliphatic hydroxyl groups is 1. The van der Waals surface area contributed by atoms with E-state index in [0.717, 1.165) is 53.4 Å². The lowest BCUT2D eigenvalue weighted by molar-refractivity contribution is 0.216. The van der Waals surface area contributed by atoms with Crippen molar-refractivity contribution in [2.75, 3.05) is 19.8 Å². The van der Waals surface area contributed by atoms with Crippen LogP contribution in [0.25, 0.3) is 0 Å². The molecule has 1 N–H and O–H groups in total. The first-order valence-corrected chi connectivity index (χ1v) is 10.1. The van der Waals surface area contributed by atoms with E-state index in [4.69, 9.17) is 9.47 Å². The minimum Gasteiger partial charge on any atom is -0.492 e. The Kier molecular flexibility index (Phi) is 6.42. The third-order valence-corrected chi connectivity index (χ3v) is 5.18. The van der Waals surface area contributed by atoms with E-state index in [-0.39, 0.29) is 0 Å². The highest BCUT2D eigenvalue weighted by Crippen LogP contribution is 2.30. The number of hydrogen-bond donors (Lipinski definition) is 1. The zero-order valence-corrected chi connectivity index (χ0v) is 16.9. The number of aliphatic hydroxyl groups excluding tert-OH is 1. The highest BCUT2D eigenvalue weighted by atomic mass is 16.5. The van der Waals surface area contributed by atoms with Crippen LogP contribution in [0, 0.1) is 0 Å². The van der Waals surface area contributed by atoms with Gasteiger partial charge in [-0.15, -0.1) is 0 Å². The normalized spacial score (nSPS) is 14.8. The van der Waals surface area contributed by atoms with Gasteiger partial charge in [-0.2, -0.15) is 0 Å². The first kappa shape index (κ1) is 20.1. The number of ether oxygens (including phenoxy) is 2. The van der Waals surface area contributed by atoms with Gasteiger partial charge in [0.1, 0.15) is 30.8 Å². The smallest absolute Gasteiger partial charge is 0.124 e. The van der Waals surface area contributed by atoms with Crippen LogP contribution in [0.2, 0.25) is 0 Å². The lowest BCUT2D eigenvalue weighted by Gasteiger charge is -2.21. The Bertz CT molecular complexity index is 991. The number of benzene rings is 2. The molecule has 0 amide bonds. The summed E-state index contributed by atoms with van der Waals surface area (Å²) in [7, 11) is 0. The summed E-state index contributed by atoms with van der Waals surface area (Å²) >= 11 is 0. The van der Waals surface area contributed by atoms with Gasteiger partial charge in [0.15, 0.2) is 0 Å². The van der Waals surface area contributed by atoms with Crippen molar-refractivity contribution in [3.8, 4) is 11.5 Å². The van der Waals surface area contributed by atoms with E-state index in [0.29, 0.717) is 13.2 Å². The molecule has 1 atom stereocenters. The maximum atomic E-state index is 10.8. The van der Waals surface area contributed by atoms with E-state index >= 15 is 0 Å². The SMILES string of the molecule is C=CCOc1ccccc1CN1CCOc2ccc([C@@H](O)c3cccnc3)cc2C1. The first-order valence-electron chi connectivity index (χ1n) is 10.1. The maximum absolute atomic E-state index is 10.8. The molecule has 0 unspecified atom stereocenters. The Hall–Kier alpha value is -3.15. The lowest BCUT2D eigenvalue weighted by atomic mass is 10.00. The molecule has 1 aliphatic rings. The second kappa shape index (κ2) is 9.57. The van der Waals surface area contributed by atoms with Gasteiger partial charge in [-0.1, -0.05) is 43.0 Å². The zero-order valence-electron chi connectivity index (χ0n) is 16.9. The molecular weight excluding hydrogens is 376 g/mol. The van der Waals surface area contributed by atoms with Crippen LogP contribution in [0.5, 0.6) is 11.5 Å². The van der Waals surface area contributed by atoms with E-state index in [1.165, 1.54) is 0 Å². The molecule has 0 saturated heterocycles. The second-order valence-corrected chi connectivity index (χ2v) is 7.32. The third-order valence-electron chi connectivity index (χ3n) is 5.18. The number of hydrogen-bond acceptors (Lipinski definition) is 5. The molecule has 0 fully saturated rings. The summed E-state index contributed by atoms with van der Waals surface area (Å²) in [5, 5.41) is 10.8. The largest absolute Gasteiger partial charge is 0.492 e. The molecule has 3 aromatic rings. The van der Waals surface area contributed by atoms with E-state index in [2.05, 4.69) is 22.5 Å². The van der Waals surface area contributed by atoms with Gasteiger partial charge >= 0.3 is 0 Å². The van der Waals surface area contributed by atoms with Crippen LogP contribution in [-0.2, 0) is 13.1 Å². The van der Waals surface area contributed by atoms with Crippen molar-refractivity contribution < 1.29 is 14.6 Å². The monoisotopic (exact) mass is 402 g/mol. The molecule has 0 saturated carbocycles. The van der Waals surface area contributed by atoms with E-state index in [1.807, 2.05) is 48.5 Å². The summed E-state index contributed by atoms with van der Waals surface area (Å²) in [6.07, 6.45) is 4.44. The summed E-state index contributed by atoms with van der Waals surface area (Å²) in [5.41, 5.74) is 3.81. The number of pyridine rings is 1. The molecule has 5 nitrogen and oxygen atoms in total. The van der Waals surface area contributed by atoms with Gasteiger partial charge in [-0.3, -0.25) is 9.88 Å². The molecule has 154 valence electrons. The molecule has 2 aromatic carbocycles. The minimum atomic E-state index is -0.714. The van der Waals surface area contributed by atoms with Crippen molar-refractivity contribution >= 4 is 0 Å². The fourth-order valence-electron chi connectivity index (χ4n) is 3.67. The third kappa shape index (κ3) is 4.70. The fraction of sp³-hybridized carbons (Fsp3) is 0.240. The Labute approximate surface area is 177 Å². The predicted molar refractivity (Wildman–Crippen MR) is 116 cm³/mol. The van der Waals surface area contributed by atoms with Crippen molar-refractivity contribution in [1.82, 2.24) is 9.88 Å². The maximum Gasteiger partial charge on any atom is 0.124 e. The number of nitrogens with zero attached hydrogens (tertiary/aromatic N) is 2. The van der Waals surface area contributed by atoms with Crippen LogP contribution in [0.1, 0.15) is 28.4 Å². The molecule has 30 heavy (non-hydrogen) atoms. The van der Waals surface area contributed by atoms with Gasteiger partial charge in [0.2, 0.25) is 0 Å². The molecule has 0 spiro atoms. The summed E-state index contributed by atoms with van der Waals surface area (Å²) in [6.45, 7) is 7.13. The molecule has 4 rings (SSSR count). The zero-order chi connectivity index (χ0) is 20.8. The van der Waals surface area contributed by atoms with Crippen molar-refractivity contribution in [3.63, 3.8) is 0 Å². The summed E-state index contributed by atoms with van der Waals surface area (Å²) in [5.74, 6) is 1.75. The number of rotatable bonds is 7. The average molecular weight is 402 g/mol. The van der Waals surface area contributed by atoms with Gasteiger partial charge < -0.3 is 14.6 Å². The van der Waals surface area contributed by atoms with Gasteiger partial charge in [0.25, 0.3) is 0 Å². The molecule has 1 aliphatic heterocycles. The predicted octanol–water partition coefficient (Wildman–Crippen LogP) is 4.12. The first-order chi connectivity index (χ1) is 14.7. The van der Waals surface area contributed by atoms with E-state index in [9.17, 15) is 5.11 Å². The van der Waals surface area contributed by atoms with Crippen molar-refractivity contribution in [1.29, 1.82) is 0 Å². The van der Waals surface area contributed by atoms with Crippen molar-refractivity contribution in [2.45, 2.75) is 19.2 Å². The number of para-hydroxylation sites is 1. The Morgan fingerprint density at radius 1 is 1.17 bits per heavy atom. The molecule has 0 aliphatic carbocycles. The second-order valence-electron chi connectivity index (χ2n) is 7.32. The lowest BCUT2D eigenvalue weighted by Crippen LogP contribution is -2.25. The minimum absolute atomic E-state index is 0.485. The van der Waals surface area contributed by atoms with Gasteiger partial charge in [-0.05, 0) is 29.8 Å². The van der Waals surface area contributed by atoms with E-state index < -0.39 is 6.10 Å². The van der Waals surface area contributed by atoms with Gasteiger partial charge in [0, 0.05) is 48.7 Å². The molecule has 0 radical (unpaired) electrons. The van der Waals surface area contributed by atoms with E-state index in [1.54, 1.807) is 18.5 Å². The molecular formula is C25H26N2O3. The van der Waals surface area contributed by atoms with Crippen LogP contribution in [0.4, 0.5) is 0 Å². The molecule has 0 bridgehead atoms. The molecule has 1 aromatic heterocycles. The van der Waals surface area contributed by atoms with Crippen LogP contribution < -0.4 is 9.47 Å². The van der Waals surface area contributed by atoms with Crippen LogP contribution in [-0.4, -0.2) is 34.7 Å². The van der Waals surface area contributed by atoms with Crippen molar-refractivity contribution in [3.05, 3.63) is 102 Å². The summed E-state index contributed by atoms with van der Waals surface area (Å²) in [6, 6.07) is 17.7. The fourth-order valence-corrected chi connectivity index (χ4v) is 3.67. The van der Waals surface area contributed by atoms with Gasteiger partial charge in [-0.25, -0.2) is 0 Å². The Morgan fingerprint density at radius 3 is 2.90 bits per heavy atom. The molecule has 5 heteroatoms. The Balaban J connectivity index is 1.54. The number of fused-ring (bicyclic) bond motifs is 1. The standard InChI is InChI=1S/C25H26N2O3/c1-2-13-29-23-8-4-3-6-21(23)17-27-12-14-30-24-10-9-19(15-22(24)18-27)25(28)20-7-5-11-26-16-20/h2-11,15-16,25,28H,1,12-14,17-18H2/t25-/m1/s1. The number of aromatic nitrogens is 1. The highest BCUT2D eigenvalue weighted by molar-refractivity contribution is 5.41. The summed E-state index contributed by atoms with van der Waals surface area (Å²) in [4.78, 5) is 6.45. The van der Waals surface area contributed by atoms with Gasteiger partial charge in [0.05, 0.1) is 0 Å².